The van der Waals surface area contributed by atoms with Gasteiger partial charge in [-0.3, -0.25) is 0 Å². The van der Waals surface area contributed by atoms with Gasteiger partial charge in [0.1, 0.15) is 18.2 Å². The lowest BCUT2D eigenvalue weighted by atomic mass is 10.3. The van der Waals surface area contributed by atoms with E-state index in [1.54, 1.807) is 0 Å². The van der Waals surface area contributed by atoms with Crippen LogP contribution in [-0.2, 0) is 10.0 Å². The lowest BCUT2D eigenvalue weighted by molar-refractivity contribution is 0.346. The third kappa shape index (κ3) is 5.45. The summed E-state index contributed by atoms with van der Waals surface area (Å²) in [5, 5.41) is 0. The number of ether oxygens (including phenoxy) is 2. The first-order valence-corrected chi connectivity index (χ1v) is 8.58. The highest BCUT2D eigenvalue weighted by molar-refractivity contribution is 7.89. The van der Waals surface area contributed by atoms with E-state index in [4.69, 9.17) is 9.47 Å². The molecule has 25 heavy (non-hydrogen) atoms. The van der Waals surface area contributed by atoms with Gasteiger partial charge in [-0.15, -0.1) is 0 Å². The van der Waals surface area contributed by atoms with Crippen LogP contribution >= 0.6 is 0 Å². The normalized spacial score (nSPS) is 10.7. The van der Waals surface area contributed by atoms with Crippen LogP contribution in [0.15, 0.2) is 47.4 Å². The Hall–Kier alpha value is -2.63. The van der Waals surface area contributed by atoms with Crippen LogP contribution in [0.5, 0.6) is 11.5 Å². The molecular formula is C17H15F2NO4S. The minimum absolute atomic E-state index is 0.0831. The Balaban J connectivity index is 1.84. The highest BCUT2D eigenvalue weighted by atomic mass is 32.2. The van der Waals surface area contributed by atoms with E-state index in [1.807, 2.05) is 0 Å². The van der Waals surface area contributed by atoms with Crippen molar-refractivity contribution >= 4 is 10.0 Å². The highest BCUT2D eigenvalue weighted by Crippen LogP contribution is 2.17. The van der Waals surface area contributed by atoms with Crippen molar-refractivity contribution in [2.45, 2.75) is 4.90 Å². The molecule has 0 unspecified atom stereocenters. The average Bonchev–Trinajstić information content (AvgIpc) is 2.59. The number of rotatable bonds is 6. The van der Waals surface area contributed by atoms with Crippen molar-refractivity contribution in [2.75, 3.05) is 20.3 Å². The summed E-state index contributed by atoms with van der Waals surface area (Å²) in [7, 11) is -2.20. The van der Waals surface area contributed by atoms with Gasteiger partial charge in [0, 0.05) is 6.07 Å². The van der Waals surface area contributed by atoms with Gasteiger partial charge in [0.2, 0.25) is 10.0 Å². The van der Waals surface area contributed by atoms with Gasteiger partial charge in [0.15, 0.2) is 11.6 Å². The molecule has 0 aliphatic rings. The van der Waals surface area contributed by atoms with Crippen LogP contribution in [0.25, 0.3) is 0 Å². The zero-order valence-electron chi connectivity index (χ0n) is 13.3. The molecule has 0 aliphatic carbocycles. The van der Waals surface area contributed by atoms with E-state index >= 15 is 0 Å². The first kappa shape index (κ1) is 18.7. The summed E-state index contributed by atoms with van der Waals surface area (Å²) in [6.45, 7) is -0.295. The first-order valence-electron chi connectivity index (χ1n) is 7.09. The fraction of sp³-hybridized carbons (Fsp3) is 0.176. The number of hydrogen-bond acceptors (Lipinski definition) is 4. The molecule has 8 heteroatoms. The maximum Gasteiger partial charge on any atom is 0.241 e. The summed E-state index contributed by atoms with van der Waals surface area (Å²) in [5.41, 5.74) is 0. The van der Waals surface area contributed by atoms with E-state index in [9.17, 15) is 17.2 Å². The van der Waals surface area contributed by atoms with Crippen LogP contribution < -0.4 is 14.2 Å². The summed E-state index contributed by atoms with van der Waals surface area (Å²) in [4.78, 5) is 0.0831. The molecule has 2 rings (SSSR count). The minimum Gasteiger partial charge on any atom is -0.497 e. The molecule has 0 fully saturated rings. The predicted molar refractivity (Wildman–Crippen MR) is 87.8 cm³/mol. The van der Waals surface area contributed by atoms with Gasteiger partial charge in [0.25, 0.3) is 0 Å². The van der Waals surface area contributed by atoms with E-state index in [0.717, 1.165) is 12.1 Å². The molecule has 0 aliphatic heterocycles. The third-order valence-corrected chi connectivity index (χ3v) is 4.46. The summed E-state index contributed by atoms with van der Waals surface area (Å²) < 4.78 is 62.4. The van der Waals surface area contributed by atoms with Gasteiger partial charge in [-0.2, -0.15) is 4.72 Å². The second-order valence-corrected chi connectivity index (χ2v) is 6.48. The quantitative estimate of drug-likeness (QED) is 0.796. The van der Waals surface area contributed by atoms with Crippen LogP contribution in [-0.4, -0.2) is 28.7 Å². The molecule has 0 aromatic heterocycles. The van der Waals surface area contributed by atoms with Gasteiger partial charge < -0.3 is 9.47 Å². The van der Waals surface area contributed by atoms with Crippen LogP contribution in [0, 0.1) is 23.5 Å². The SMILES string of the molecule is COc1ccc(S(=O)(=O)NCC#CCOc2ccc(F)cc2F)cc1. The van der Waals surface area contributed by atoms with Crippen molar-refractivity contribution < 1.29 is 26.7 Å². The molecule has 0 atom stereocenters. The molecule has 0 radical (unpaired) electrons. The Kier molecular flexibility index (Phi) is 6.33. The number of hydrogen-bond donors (Lipinski definition) is 1. The van der Waals surface area contributed by atoms with Crippen molar-refractivity contribution in [2.24, 2.45) is 0 Å². The van der Waals surface area contributed by atoms with E-state index in [0.29, 0.717) is 11.8 Å². The van der Waals surface area contributed by atoms with E-state index < -0.39 is 21.7 Å². The zero-order chi connectivity index (χ0) is 18.3. The monoisotopic (exact) mass is 367 g/mol. The molecule has 0 spiro atoms. The number of nitrogens with one attached hydrogen (secondary N) is 1. The lowest BCUT2D eigenvalue weighted by Gasteiger charge is -2.05. The summed E-state index contributed by atoms with van der Waals surface area (Å²) in [6.07, 6.45) is 0. The van der Waals surface area contributed by atoms with Crippen molar-refractivity contribution in [3.8, 4) is 23.3 Å². The average molecular weight is 367 g/mol. The topological polar surface area (TPSA) is 64.6 Å². The van der Waals surface area contributed by atoms with Gasteiger partial charge in [-0.1, -0.05) is 11.8 Å². The Morgan fingerprint density at radius 1 is 1.08 bits per heavy atom. The predicted octanol–water partition coefficient (Wildman–Crippen LogP) is 2.33. The Morgan fingerprint density at radius 2 is 1.80 bits per heavy atom. The smallest absolute Gasteiger partial charge is 0.241 e. The fourth-order valence-electron chi connectivity index (χ4n) is 1.79. The number of halogens is 2. The molecule has 2 aromatic rings. The number of sulfonamides is 1. The van der Waals surface area contributed by atoms with Crippen molar-refractivity contribution in [3.05, 3.63) is 54.1 Å². The summed E-state index contributed by atoms with van der Waals surface area (Å²) in [5.74, 6) is 3.97. The van der Waals surface area contributed by atoms with Crippen LogP contribution in [0.3, 0.4) is 0 Å². The van der Waals surface area contributed by atoms with Crippen molar-refractivity contribution in [1.82, 2.24) is 4.72 Å². The molecule has 0 saturated carbocycles. The van der Waals surface area contributed by atoms with Crippen molar-refractivity contribution in [3.63, 3.8) is 0 Å². The Bertz CT molecular complexity index is 887. The lowest BCUT2D eigenvalue weighted by Crippen LogP contribution is -2.24. The summed E-state index contributed by atoms with van der Waals surface area (Å²) in [6, 6.07) is 8.81. The number of benzene rings is 2. The summed E-state index contributed by atoms with van der Waals surface area (Å²) >= 11 is 0. The number of methoxy groups -OCH3 is 1. The van der Waals surface area contributed by atoms with Gasteiger partial charge in [-0.05, 0) is 36.4 Å². The zero-order valence-corrected chi connectivity index (χ0v) is 14.1. The largest absolute Gasteiger partial charge is 0.497 e. The molecule has 0 heterocycles. The van der Waals surface area contributed by atoms with Crippen LogP contribution in [0.1, 0.15) is 0 Å². The Labute approximate surface area is 144 Å². The second-order valence-electron chi connectivity index (χ2n) is 4.72. The van der Waals surface area contributed by atoms with Gasteiger partial charge in [0.05, 0.1) is 18.6 Å². The van der Waals surface area contributed by atoms with E-state index in [-0.39, 0.29) is 23.8 Å². The highest BCUT2D eigenvalue weighted by Gasteiger charge is 2.12. The van der Waals surface area contributed by atoms with Gasteiger partial charge >= 0.3 is 0 Å². The maximum atomic E-state index is 13.3. The molecule has 2 aromatic carbocycles. The molecular weight excluding hydrogens is 352 g/mol. The maximum absolute atomic E-state index is 13.3. The second kappa shape index (κ2) is 8.46. The molecule has 0 bridgehead atoms. The first-order chi connectivity index (χ1) is 11.9. The van der Waals surface area contributed by atoms with Crippen molar-refractivity contribution in [1.29, 1.82) is 0 Å². The Morgan fingerprint density at radius 3 is 2.44 bits per heavy atom. The van der Waals surface area contributed by atoms with Crippen LogP contribution in [0.4, 0.5) is 8.78 Å². The van der Waals surface area contributed by atoms with E-state index in [1.165, 1.54) is 31.4 Å². The third-order valence-electron chi connectivity index (χ3n) is 3.04. The van der Waals surface area contributed by atoms with Gasteiger partial charge in [-0.25, -0.2) is 17.2 Å². The molecule has 132 valence electrons. The standard InChI is InChI=1S/C17H15F2NO4S/c1-23-14-5-7-15(8-6-14)25(21,22)20-10-2-3-11-24-17-9-4-13(18)12-16(17)19/h4-9,12,20H,10-11H2,1H3. The fourth-order valence-corrected chi connectivity index (χ4v) is 2.71. The molecule has 5 nitrogen and oxygen atoms in total. The van der Waals surface area contributed by atoms with Crippen LogP contribution in [0.2, 0.25) is 0 Å². The molecule has 0 amide bonds. The molecule has 1 N–H and O–H groups in total. The van der Waals surface area contributed by atoms with E-state index in [2.05, 4.69) is 16.6 Å². The minimum atomic E-state index is -3.69. The molecule has 0 saturated heterocycles.